The summed E-state index contributed by atoms with van der Waals surface area (Å²) in [4.78, 5) is 37.3. The summed E-state index contributed by atoms with van der Waals surface area (Å²) < 4.78 is 13.3. The number of carbonyl (C=O) groups excluding carboxylic acids is 2. The van der Waals surface area contributed by atoms with Crippen LogP contribution in [0, 0.1) is 11.7 Å². The van der Waals surface area contributed by atoms with Crippen LogP contribution in [0.15, 0.2) is 60.2 Å². The summed E-state index contributed by atoms with van der Waals surface area (Å²) in [5.41, 5.74) is 3.57. The molecule has 0 atom stereocenters. The van der Waals surface area contributed by atoms with Gasteiger partial charge in [-0.3, -0.25) is 14.5 Å². The Bertz CT molecular complexity index is 1370. The Morgan fingerprint density at radius 2 is 1.80 bits per heavy atom. The lowest BCUT2D eigenvalue weighted by Gasteiger charge is -2.45. The minimum absolute atomic E-state index is 0.0172. The van der Waals surface area contributed by atoms with Crippen LogP contribution in [0.3, 0.4) is 0 Å². The molecule has 0 radical (unpaired) electrons. The molecule has 0 spiro atoms. The van der Waals surface area contributed by atoms with E-state index in [4.69, 9.17) is 0 Å². The first-order valence-electron chi connectivity index (χ1n) is 11.9. The molecular formula is C27H25FN4O2S. The third kappa shape index (κ3) is 4.17. The lowest BCUT2D eigenvalue weighted by molar-refractivity contribution is 0.0286. The van der Waals surface area contributed by atoms with Crippen molar-refractivity contribution in [1.29, 1.82) is 0 Å². The number of ketones is 1. The van der Waals surface area contributed by atoms with E-state index in [1.165, 1.54) is 23.5 Å². The second-order valence-electron chi connectivity index (χ2n) is 9.32. The minimum atomic E-state index is -0.258. The summed E-state index contributed by atoms with van der Waals surface area (Å²) >= 11 is 1.38. The number of fused-ring (bicyclic) bond motifs is 1. The van der Waals surface area contributed by atoms with Crippen molar-refractivity contribution in [3.8, 4) is 11.1 Å². The van der Waals surface area contributed by atoms with Gasteiger partial charge in [0.05, 0.1) is 0 Å². The van der Waals surface area contributed by atoms with Crippen LogP contribution in [0.25, 0.3) is 22.0 Å². The number of halogens is 1. The van der Waals surface area contributed by atoms with Gasteiger partial charge >= 0.3 is 0 Å². The molecule has 1 aliphatic carbocycles. The number of aromatic nitrogens is 2. The molecule has 4 aromatic rings. The number of thiazole rings is 1. The molecule has 178 valence electrons. The van der Waals surface area contributed by atoms with Crippen LogP contribution in [0.1, 0.15) is 33.0 Å². The van der Waals surface area contributed by atoms with Gasteiger partial charge in [-0.25, -0.2) is 9.37 Å². The number of hydrogen-bond acceptors (Lipinski definition) is 5. The van der Waals surface area contributed by atoms with Crippen molar-refractivity contribution in [2.75, 3.05) is 26.2 Å². The number of nitrogens with one attached hydrogen (secondary N) is 1. The van der Waals surface area contributed by atoms with E-state index in [0.29, 0.717) is 24.1 Å². The smallest absolute Gasteiger partial charge is 0.282 e. The Kier molecular flexibility index (Phi) is 5.70. The van der Waals surface area contributed by atoms with Gasteiger partial charge in [0.15, 0.2) is 10.8 Å². The van der Waals surface area contributed by atoms with Gasteiger partial charge in [-0.05, 0) is 36.6 Å². The number of hydrogen-bond donors (Lipinski definition) is 1. The zero-order chi connectivity index (χ0) is 23.9. The number of amides is 1. The highest BCUT2D eigenvalue weighted by Gasteiger charge is 2.39. The first kappa shape index (κ1) is 22.1. The van der Waals surface area contributed by atoms with Crippen LogP contribution in [-0.4, -0.2) is 63.7 Å². The lowest BCUT2D eigenvalue weighted by atomic mass is 9.74. The first-order valence-corrected chi connectivity index (χ1v) is 12.8. The van der Waals surface area contributed by atoms with Gasteiger partial charge in [0.1, 0.15) is 5.82 Å². The van der Waals surface area contributed by atoms with Gasteiger partial charge in [0.25, 0.3) is 5.91 Å². The van der Waals surface area contributed by atoms with Crippen molar-refractivity contribution in [3.63, 3.8) is 0 Å². The number of aromatic amines is 1. The predicted molar refractivity (Wildman–Crippen MR) is 134 cm³/mol. The molecule has 6 rings (SSSR count). The summed E-state index contributed by atoms with van der Waals surface area (Å²) in [5, 5.41) is 3.40. The van der Waals surface area contributed by atoms with Gasteiger partial charge in [0.2, 0.25) is 0 Å². The second kappa shape index (κ2) is 9.02. The van der Waals surface area contributed by atoms with Crippen LogP contribution in [0.4, 0.5) is 4.39 Å². The quantitative estimate of drug-likeness (QED) is 0.408. The molecule has 1 saturated carbocycles. The van der Waals surface area contributed by atoms with Crippen molar-refractivity contribution in [3.05, 3.63) is 76.6 Å². The Morgan fingerprint density at radius 3 is 2.51 bits per heavy atom. The number of Topliss-reactive ketones (excluding diaryl/α,β-unsaturated/α-hetero) is 1. The Hall–Kier alpha value is -3.36. The topological polar surface area (TPSA) is 69.3 Å². The van der Waals surface area contributed by atoms with E-state index in [-0.39, 0.29) is 23.4 Å². The number of piperazine rings is 1. The molecule has 0 unspecified atom stereocenters. The van der Waals surface area contributed by atoms with Gasteiger partial charge in [-0.2, -0.15) is 0 Å². The maximum absolute atomic E-state index is 13.3. The van der Waals surface area contributed by atoms with E-state index in [1.54, 1.807) is 18.3 Å². The monoisotopic (exact) mass is 488 g/mol. The van der Waals surface area contributed by atoms with Crippen LogP contribution < -0.4 is 0 Å². The standard InChI is InChI=1S/C27H25FN4O2S/c28-20-4-1-17(2-5-20)23-16-30-24-15-18(3-6-22(23)24)25(33)19-13-21(14-19)31-8-10-32(11-9-31)27(34)26-29-7-12-35-26/h1-7,12,15-16,19,21,30H,8-11,13-14H2. The third-order valence-corrected chi connectivity index (χ3v) is 8.10. The minimum Gasteiger partial charge on any atom is -0.361 e. The van der Waals surface area contributed by atoms with Crippen molar-refractivity contribution in [1.82, 2.24) is 19.8 Å². The third-order valence-electron chi connectivity index (χ3n) is 7.34. The van der Waals surface area contributed by atoms with Gasteiger partial charge in [0, 0.05) is 77.9 Å². The summed E-state index contributed by atoms with van der Waals surface area (Å²) in [7, 11) is 0. The van der Waals surface area contributed by atoms with E-state index < -0.39 is 0 Å². The SMILES string of the molecule is O=C(c1ccc2c(-c3ccc(F)cc3)c[nH]c2c1)C1CC(N2CCN(C(=O)c3nccs3)CC2)C1. The zero-order valence-corrected chi connectivity index (χ0v) is 19.9. The molecular weight excluding hydrogens is 463 g/mol. The molecule has 2 aromatic heterocycles. The summed E-state index contributed by atoms with van der Waals surface area (Å²) in [6.07, 6.45) is 5.30. The first-order chi connectivity index (χ1) is 17.1. The van der Waals surface area contributed by atoms with E-state index in [9.17, 15) is 14.0 Å². The highest BCUT2D eigenvalue weighted by molar-refractivity contribution is 7.11. The normalized spacial score (nSPS) is 20.7. The van der Waals surface area contributed by atoms with E-state index >= 15 is 0 Å². The van der Waals surface area contributed by atoms with E-state index in [2.05, 4.69) is 14.9 Å². The molecule has 2 fully saturated rings. The molecule has 1 saturated heterocycles. The fourth-order valence-electron chi connectivity index (χ4n) is 5.24. The average Bonchev–Trinajstić information content (AvgIpc) is 3.54. The van der Waals surface area contributed by atoms with Gasteiger partial charge in [-0.1, -0.05) is 24.3 Å². The number of H-pyrrole nitrogens is 1. The fourth-order valence-corrected chi connectivity index (χ4v) is 5.84. The molecule has 6 nitrogen and oxygen atoms in total. The van der Waals surface area contributed by atoms with Crippen molar-refractivity contribution >= 4 is 33.9 Å². The van der Waals surface area contributed by atoms with Crippen molar-refractivity contribution in [2.24, 2.45) is 5.92 Å². The number of benzene rings is 2. The van der Waals surface area contributed by atoms with Crippen molar-refractivity contribution in [2.45, 2.75) is 18.9 Å². The summed E-state index contributed by atoms with van der Waals surface area (Å²) in [5.74, 6) is -0.00689. The van der Waals surface area contributed by atoms with Crippen molar-refractivity contribution < 1.29 is 14.0 Å². The van der Waals surface area contributed by atoms with Crippen LogP contribution in [0.5, 0.6) is 0 Å². The second-order valence-corrected chi connectivity index (χ2v) is 10.2. The molecule has 3 heterocycles. The average molecular weight is 489 g/mol. The number of rotatable bonds is 5. The van der Waals surface area contributed by atoms with Gasteiger partial charge < -0.3 is 9.88 Å². The lowest BCUT2D eigenvalue weighted by Crippen LogP contribution is -2.55. The zero-order valence-electron chi connectivity index (χ0n) is 19.1. The molecule has 8 heteroatoms. The largest absolute Gasteiger partial charge is 0.361 e. The highest BCUT2D eigenvalue weighted by Crippen LogP contribution is 2.36. The molecule has 1 N–H and O–H groups in total. The molecule has 35 heavy (non-hydrogen) atoms. The summed E-state index contributed by atoms with van der Waals surface area (Å²) in [6, 6.07) is 12.7. The maximum Gasteiger partial charge on any atom is 0.282 e. The Morgan fingerprint density at radius 1 is 1.03 bits per heavy atom. The Labute approximate surface area is 206 Å². The molecule has 2 aromatic carbocycles. The number of carbonyl (C=O) groups is 2. The molecule has 2 aliphatic rings. The summed E-state index contributed by atoms with van der Waals surface area (Å²) in [6.45, 7) is 3.08. The molecule has 1 amide bonds. The van der Waals surface area contributed by atoms with E-state index in [1.807, 2.05) is 34.7 Å². The number of nitrogens with zero attached hydrogens (tertiary/aromatic N) is 3. The fraction of sp³-hybridized carbons (Fsp3) is 0.296. The maximum atomic E-state index is 13.3. The molecule has 0 bridgehead atoms. The Balaban J connectivity index is 1.06. The van der Waals surface area contributed by atoms with Crippen LogP contribution in [0.2, 0.25) is 0 Å². The van der Waals surface area contributed by atoms with Crippen LogP contribution in [-0.2, 0) is 0 Å². The predicted octanol–water partition coefficient (Wildman–Crippen LogP) is 4.85. The van der Waals surface area contributed by atoms with Gasteiger partial charge in [-0.15, -0.1) is 11.3 Å². The molecule has 1 aliphatic heterocycles. The van der Waals surface area contributed by atoms with E-state index in [0.717, 1.165) is 53.5 Å². The highest BCUT2D eigenvalue weighted by atomic mass is 32.1. The van der Waals surface area contributed by atoms with Crippen LogP contribution >= 0.6 is 11.3 Å².